The molecule has 35 heavy (non-hydrogen) atoms. The number of ketones is 1. The Balaban J connectivity index is 1.39. The Hall–Kier alpha value is -3.47. The van der Waals surface area contributed by atoms with E-state index < -0.39 is 36.3 Å². The second-order valence-corrected chi connectivity index (χ2v) is 9.77. The maximum atomic E-state index is 13.5. The van der Waals surface area contributed by atoms with E-state index in [-0.39, 0.29) is 41.3 Å². The van der Waals surface area contributed by atoms with Gasteiger partial charge in [0.15, 0.2) is 5.78 Å². The molecule has 4 heterocycles. The Kier molecular flexibility index (Phi) is 6.18. The number of carbonyl (C=O) groups is 4. The molecule has 186 valence electrons. The zero-order valence-corrected chi connectivity index (χ0v) is 19.2. The number of nitrogens with one attached hydrogen (secondary N) is 4. The van der Waals surface area contributed by atoms with Gasteiger partial charge in [-0.1, -0.05) is 6.42 Å². The maximum Gasteiger partial charge on any atom is 0.271 e. The maximum absolute atomic E-state index is 13.5. The van der Waals surface area contributed by atoms with Crippen molar-refractivity contribution in [1.29, 1.82) is 0 Å². The molecule has 3 fully saturated rings. The third kappa shape index (κ3) is 4.24. The number of rotatable bonds is 7. The topological polar surface area (TPSA) is 164 Å². The number of fused-ring (bicyclic) bond motifs is 2. The molecular weight excluding hydrogens is 454 g/mol. The lowest BCUT2D eigenvalue weighted by Gasteiger charge is -2.29. The van der Waals surface area contributed by atoms with Gasteiger partial charge in [-0.05, 0) is 49.7 Å². The van der Waals surface area contributed by atoms with Crippen molar-refractivity contribution in [3.05, 3.63) is 34.4 Å². The molecule has 1 saturated carbocycles. The van der Waals surface area contributed by atoms with E-state index >= 15 is 0 Å². The van der Waals surface area contributed by atoms with Crippen LogP contribution < -0.4 is 16.2 Å². The number of pyridine rings is 1. The molecule has 2 saturated heterocycles. The van der Waals surface area contributed by atoms with Crippen LogP contribution in [0.2, 0.25) is 0 Å². The highest BCUT2D eigenvalue weighted by molar-refractivity contribution is 6.01. The summed E-state index contributed by atoms with van der Waals surface area (Å²) < 4.78 is 0. The molecule has 0 spiro atoms. The van der Waals surface area contributed by atoms with Gasteiger partial charge in [-0.2, -0.15) is 0 Å². The zero-order chi connectivity index (χ0) is 24.7. The molecule has 11 heteroatoms. The highest BCUT2D eigenvalue weighted by Crippen LogP contribution is 2.43. The van der Waals surface area contributed by atoms with Crippen LogP contribution in [0.3, 0.4) is 0 Å². The summed E-state index contributed by atoms with van der Waals surface area (Å²) in [6.07, 6.45) is 4.83. The van der Waals surface area contributed by atoms with Crippen molar-refractivity contribution in [3.63, 3.8) is 0 Å². The van der Waals surface area contributed by atoms with Crippen LogP contribution in [0.15, 0.2) is 23.1 Å². The quantitative estimate of drug-likeness (QED) is 0.362. The minimum absolute atomic E-state index is 0.0358. The van der Waals surface area contributed by atoms with Crippen LogP contribution in [0.1, 0.15) is 42.6 Å². The van der Waals surface area contributed by atoms with Crippen LogP contribution in [-0.2, 0) is 14.4 Å². The van der Waals surface area contributed by atoms with E-state index in [2.05, 4.69) is 20.6 Å². The lowest BCUT2D eigenvalue weighted by atomic mass is 9.92. The molecule has 0 aromatic carbocycles. The van der Waals surface area contributed by atoms with Crippen LogP contribution in [0.4, 0.5) is 0 Å². The van der Waals surface area contributed by atoms with Gasteiger partial charge in [-0.25, -0.2) is 0 Å². The summed E-state index contributed by atoms with van der Waals surface area (Å²) in [5.74, 6) is -1.84. The Bertz CT molecular complexity index is 1230. The normalized spacial score (nSPS) is 26.5. The summed E-state index contributed by atoms with van der Waals surface area (Å²) in [6, 6.07) is 1.38. The number of Topliss-reactive ketones (excluding diaryl/α,β-unsaturated/α-hetero) is 1. The molecule has 2 aliphatic heterocycles. The lowest BCUT2D eigenvalue weighted by Crippen LogP contribution is -2.53. The molecular formula is C24H29N5O6. The standard InChI is InChI=1S/C24H29N5O6/c30-11-19(31)17(8-12-4-6-25-21(12)32)28-23(34)20-14-3-1-2-13(14)10-29(20)24(35)18-9-15-16(27-18)5-7-26-22(15)33/h5,7,9,12-14,17,20,27,30H,1-4,6,8,10-11H2,(H,25,32)(H,26,33)(H,28,34)/t12-,13?,14?,17-,20?/m0/s1. The third-order valence-electron chi connectivity index (χ3n) is 7.75. The summed E-state index contributed by atoms with van der Waals surface area (Å²) in [4.78, 5) is 70.7. The van der Waals surface area contributed by atoms with Crippen molar-refractivity contribution in [2.75, 3.05) is 19.7 Å². The second kappa shape index (κ2) is 9.29. The van der Waals surface area contributed by atoms with E-state index in [9.17, 15) is 29.1 Å². The highest BCUT2D eigenvalue weighted by Gasteiger charge is 2.50. The molecule has 2 aromatic heterocycles. The molecule has 3 amide bonds. The van der Waals surface area contributed by atoms with E-state index in [1.165, 1.54) is 17.2 Å². The number of H-pyrrole nitrogens is 2. The first kappa shape index (κ1) is 23.3. The van der Waals surface area contributed by atoms with Gasteiger partial charge in [0.25, 0.3) is 11.5 Å². The molecule has 11 nitrogen and oxygen atoms in total. The van der Waals surface area contributed by atoms with Gasteiger partial charge >= 0.3 is 0 Å². The molecule has 5 atom stereocenters. The first-order chi connectivity index (χ1) is 16.9. The molecule has 3 aliphatic rings. The Morgan fingerprint density at radius 1 is 1.20 bits per heavy atom. The fourth-order valence-electron chi connectivity index (χ4n) is 5.98. The van der Waals surface area contributed by atoms with Crippen molar-refractivity contribution in [2.24, 2.45) is 17.8 Å². The zero-order valence-electron chi connectivity index (χ0n) is 19.2. The van der Waals surface area contributed by atoms with E-state index in [0.717, 1.165) is 19.3 Å². The van der Waals surface area contributed by atoms with Crippen molar-refractivity contribution in [2.45, 2.75) is 44.2 Å². The summed E-state index contributed by atoms with van der Waals surface area (Å²) in [6.45, 7) is 0.179. The fourth-order valence-corrected chi connectivity index (χ4v) is 5.98. The lowest BCUT2D eigenvalue weighted by molar-refractivity contribution is -0.133. The fraction of sp³-hybridized carbons (Fsp3) is 0.542. The van der Waals surface area contributed by atoms with Gasteiger partial charge in [0.2, 0.25) is 11.8 Å². The van der Waals surface area contributed by atoms with Crippen LogP contribution in [0.5, 0.6) is 0 Å². The predicted molar refractivity (Wildman–Crippen MR) is 124 cm³/mol. The number of aliphatic hydroxyl groups is 1. The second-order valence-electron chi connectivity index (χ2n) is 9.77. The van der Waals surface area contributed by atoms with E-state index in [1.807, 2.05) is 0 Å². The minimum atomic E-state index is -1.01. The Labute approximate surface area is 200 Å². The molecule has 5 N–H and O–H groups in total. The number of nitrogens with zero attached hydrogens (tertiary/aromatic N) is 1. The molecule has 0 radical (unpaired) electrons. The molecule has 3 unspecified atom stereocenters. The summed E-state index contributed by atoms with van der Waals surface area (Å²) >= 11 is 0. The van der Waals surface area contributed by atoms with E-state index in [1.54, 1.807) is 6.07 Å². The highest BCUT2D eigenvalue weighted by atomic mass is 16.3. The average molecular weight is 484 g/mol. The number of aromatic nitrogens is 2. The summed E-state index contributed by atoms with van der Waals surface area (Å²) in [5.41, 5.74) is 0.438. The number of likely N-dealkylation sites (tertiary alicyclic amines) is 1. The summed E-state index contributed by atoms with van der Waals surface area (Å²) in [7, 11) is 0. The van der Waals surface area contributed by atoms with Crippen LogP contribution in [0, 0.1) is 17.8 Å². The molecule has 5 rings (SSSR count). The van der Waals surface area contributed by atoms with Crippen molar-refractivity contribution in [1.82, 2.24) is 25.5 Å². The smallest absolute Gasteiger partial charge is 0.271 e. The third-order valence-corrected chi connectivity index (χ3v) is 7.75. The first-order valence-electron chi connectivity index (χ1n) is 12.1. The SMILES string of the molecule is O=C(N[C@@H](C[C@@H]1CCNC1=O)C(=O)CO)C1C2CCCC2CN1C(=O)c1cc2c(=O)[nH]ccc2[nH]1. The Morgan fingerprint density at radius 3 is 2.74 bits per heavy atom. The number of carbonyl (C=O) groups excluding carboxylic acids is 4. The predicted octanol–water partition coefficient (Wildman–Crippen LogP) is -0.331. The Morgan fingerprint density at radius 2 is 2.03 bits per heavy atom. The van der Waals surface area contributed by atoms with Crippen LogP contribution in [0.25, 0.3) is 10.9 Å². The number of aromatic amines is 2. The van der Waals surface area contributed by atoms with Gasteiger partial charge in [0, 0.05) is 25.2 Å². The van der Waals surface area contributed by atoms with Crippen molar-refractivity contribution in [3.8, 4) is 0 Å². The van der Waals surface area contributed by atoms with Crippen LogP contribution in [-0.4, -0.2) is 75.3 Å². The monoisotopic (exact) mass is 483 g/mol. The van der Waals surface area contributed by atoms with Gasteiger partial charge in [0.05, 0.1) is 16.9 Å². The number of aliphatic hydroxyl groups excluding tert-OH is 1. The molecule has 1 aliphatic carbocycles. The van der Waals surface area contributed by atoms with Gasteiger partial charge in [-0.3, -0.25) is 24.0 Å². The van der Waals surface area contributed by atoms with Gasteiger partial charge in [-0.15, -0.1) is 0 Å². The van der Waals surface area contributed by atoms with Crippen molar-refractivity contribution >= 4 is 34.4 Å². The summed E-state index contributed by atoms with van der Waals surface area (Å²) in [5, 5.41) is 15.3. The number of hydrogen-bond acceptors (Lipinski definition) is 6. The molecule has 2 aromatic rings. The number of amides is 3. The van der Waals surface area contributed by atoms with Crippen molar-refractivity contribution < 1.29 is 24.3 Å². The minimum Gasteiger partial charge on any atom is -0.389 e. The first-order valence-corrected chi connectivity index (χ1v) is 12.1. The average Bonchev–Trinajstić information content (AvgIpc) is 3.61. The van der Waals surface area contributed by atoms with Gasteiger partial charge in [0.1, 0.15) is 18.3 Å². The van der Waals surface area contributed by atoms with Gasteiger partial charge < -0.3 is 30.6 Å². The number of hydrogen-bond donors (Lipinski definition) is 5. The van der Waals surface area contributed by atoms with Crippen LogP contribution >= 0.6 is 0 Å². The van der Waals surface area contributed by atoms with E-state index in [4.69, 9.17) is 0 Å². The molecule has 0 bridgehead atoms. The largest absolute Gasteiger partial charge is 0.389 e. The van der Waals surface area contributed by atoms with E-state index in [0.29, 0.717) is 30.4 Å².